The number of ether oxygens (including phenoxy) is 1. The van der Waals surface area contributed by atoms with Crippen molar-refractivity contribution in [2.75, 3.05) is 19.7 Å². The Labute approximate surface area is 223 Å². The average Bonchev–Trinajstić information content (AvgIpc) is 2.87. The number of hydrogen-bond donors (Lipinski definition) is 3. The molecule has 1 amide bonds. The number of carbonyl (C=O) groups is 3. The highest BCUT2D eigenvalue weighted by Crippen LogP contribution is 2.28. The van der Waals surface area contributed by atoms with Gasteiger partial charge in [0, 0.05) is 25.7 Å². The third kappa shape index (κ3) is 12.7. The number of halogens is 7. The molecule has 1 aliphatic rings. The molecular weight excluding hydrogens is 564 g/mol. The molecule has 0 unspecified atom stereocenters. The van der Waals surface area contributed by atoms with Crippen molar-refractivity contribution >= 4 is 29.4 Å². The second-order valence-corrected chi connectivity index (χ2v) is 8.18. The van der Waals surface area contributed by atoms with Gasteiger partial charge in [-0.1, -0.05) is 41.9 Å². The van der Waals surface area contributed by atoms with Gasteiger partial charge >= 0.3 is 24.3 Å². The van der Waals surface area contributed by atoms with Crippen molar-refractivity contribution in [3.8, 4) is 5.88 Å². The summed E-state index contributed by atoms with van der Waals surface area (Å²) in [5.41, 5.74) is 8.19. The van der Waals surface area contributed by atoms with E-state index >= 15 is 0 Å². The number of carboxylic acid groups (broad SMARTS) is 2. The Morgan fingerprint density at radius 2 is 1.49 bits per heavy atom. The molecule has 0 spiro atoms. The maximum absolute atomic E-state index is 12.3. The number of alkyl halides is 6. The van der Waals surface area contributed by atoms with Gasteiger partial charge in [0.25, 0.3) is 5.91 Å². The van der Waals surface area contributed by atoms with Crippen LogP contribution in [-0.4, -0.2) is 70.0 Å². The van der Waals surface area contributed by atoms with Gasteiger partial charge in [0.2, 0.25) is 5.88 Å². The molecule has 4 N–H and O–H groups in total. The second kappa shape index (κ2) is 15.1. The summed E-state index contributed by atoms with van der Waals surface area (Å²) in [7, 11) is 0. The van der Waals surface area contributed by atoms with E-state index in [1.54, 1.807) is 18.2 Å². The first-order valence-electron chi connectivity index (χ1n) is 11.0. The van der Waals surface area contributed by atoms with Crippen LogP contribution in [0, 0.1) is 0 Å². The lowest BCUT2D eigenvalue weighted by molar-refractivity contribution is -0.193. The van der Waals surface area contributed by atoms with Crippen molar-refractivity contribution in [1.29, 1.82) is 0 Å². The van der Waals surface area contributed by atoms with Gasteiger partial charge in [-0.05, 0) is 36.0 Å². The standard InChI is InChI=1S/C19H22ClN3O2.2C2HF3O2/c20-17-5-2-6-18(22-17)25-13-19(24)23-9-7-15(8-10-23)16-4-1-3-14(11-16)12-21;2*3-2(4,5)1(6)7/h1-6,11,15H,7-10,12-13,21H2;2*(H,6,7). The zero-order chi connectivity index (χ0) is 29.8. The lowest BCUT2D eigenvalue weighted by Gasteiger charge is -2.32. The van der Waals surface area contributed by atoms with Crippen LogP contribution in [0.25, 0.3) is 0 Å². The van der Waals surface area contributed by atoms with Crippen LogP contribution in [-0.2, 0) is 20.9 Å². The van der Waals surface area contributed by atoms with Crippen LogP contribution in [0.4, 0.5) is 26.3 Å². The molecule has 2 heterocycles. The van der Waals surface area contributed by atoms with Gasteiger partial charge in [-0.15, -0.1) is 0 Å². The molecule has 0 radical (unpaired) electrons. The number of piperidine rings is 1. The fourth-order valence-corrected chi connectivity index (χ4v) is 3.29. The van der Waals surface area contributed by atoms with Crippen molar-refractivity contribution in [3.05, 3.63) is 58.7 Å². The normalized spacial score (nSPS) is 13.8. The summed E-state index contributed by atoms with van der Waals surface area (Å²) in [6.07, 6.45) is -8.26. The fourth-order valence-electron chi connectivity index (χ4n) is 3.13. The fraction of sp³-hybridized carbons (Fsp3) is 0.391. The first kappa shape index (κ1) is 33.4. The molecule has 9 nitrogen and oxygen atoms in total. The summed E-state index contributed by atoms with van der Waals surface area (Å²) < 4.78 is 68.9. The van der Waals surface area contributed by atoms with Gasteiger partial charge < -0.3 is 25.6 Å². The molecule has 1 aromatic heterocycles. The van der Waals surface area contributed by atoms with Crippen molar-refractivity contribution in [3.63, 3.8) is 0 Å². The van der Waals surface area contributed by atoms with E-state index in [2.05, 4.69) is 23.2 Å². The molecule has 16 heteroatoms. The Bertz CT molecular complexity index is 1080. The van der Waals surface area contributed by atoms with Crippen molar-refractivity contribution in [1.82, 2.24) is 9.88 Å². The predicted molar refractivity (Wildman–Crippen MR) is 125 cm³/mol. The molecule has 3 rings (SSSR count). The Kier molecular flexibility index (Phi) is 13.0. The average molecular weight is 588 g/mol. The smallest absolute Gasteiger partial charge is 0.475 e. The Balaban J connectivity index is 0.000000449. The maximum atomic E-state index is 12.3. The summed E-state index contributed by atoms with van der Waals surface area (Å²) in [4.78, 5) is 36.0. The molecule has 1 aromatic carbocycles. The topological polar surface area (TPSA) is 143 Å². The molecule has 1 saturated heterocycles. The molecule has 0 saturated carbocycles. The summed E-state index contributed by atoms with van der Waals surface area (Å²) >= 11 is 5.81. The van der Waals surface area contributed by atoms with Crippen molar-refractivity contribution < 1.29 is 55.7 Å². The van der Waals surface area contributed by atoms with Gasteiger partial charge in [-0.2, -0.15) is 26.3 Å². The minimum absolute atomic E-state index is 0.0132. The van der Waals surface area contributed by atoms with Gasteiger partial charge in [-0.25, -0.2) is 14.6 Å². The number of nitrogens with two attached hydrogens (primary N) is 1. The number of aromatic nitrogens is 1. The third-order valence-corrected chi connectivity index (χ3v) is 5.23. The molecule has 0 atom stereocenters. The number of benzene rings is 1. The Hall–Kier alpha value is -3.59. The zero-order valence-electron chi connectivity index (χ0n) is 20.0. The largest absolute Gasteiger partial charge is 0.490 e. The molecule has 0 aliphatic carbocycles. The second-order valence-electron chi connectivity index (χ2n) is 7.80. The van der Waals surface area contributed by atoms with Crippen molar-refractivity contribution in [2.45, 2.75) is 37.7 Å². The van der Waals surface area contributed by atoms with E-state index in [4.69, 9.17) is 41.9 Å². The number of aliphatic carboxylic acids is 2. The van der Waals surface area contributed by atoms with E-state index in [-0.39, 0.29) is 12.5 Å². The van der Waals surface area contributed by atoms with E-state index in [0.717, 1.165) is 31.5 Å². The number of carbonyl (C=O) groups excluding carboxylic acids is 1. The zero-order valence-corrected chi connectivity index (χ0v) is 20.8. The number of rotatable bonds is 5. The molecule has 1 fully saturated rings. The highest BCUT2D eigenvalue weighted by Gasteiger charge is 2.38. The van der Waals surface area contributed by atoms with Crippen LogP contribution in [0.2, 0.25) is 5.15 Å². The van der Waals surface area contributed by atoms with Gasteiger partial charge in [0.15, 0.2) is 6.61 Å². The highest BCUT2D eigenvalue weighted by atomic mass is 35.5. The first-order valence-corrected chi connectivity index (χ1v) is 11.3. The van der Waals surface area contributed by atoms with Gasteiger partial charge in [-0.3, -0.25) is 4.79 Å². The number of nitrogens with zero attached hydrogens (tertiary/aromatic N) is 2. The highest BCUT2D eigenvalue weighted by molar-refractivity contribution is 6.29. The summed E-state index contributed by atoms with van der Waals surface area (Å²) in [5, 5.41) is 14.6. The van der Waals surface area contributed by atoms with Gasteiger partial charge in [0.05, 0.1) is 0 Å². The maximum Gasteiger partial charge on any atom is 0.490 e. The minimum Gasteiger partial charge on any atom is -0.475 e. The Morgan fingerprint density at radius 1 is 0.974 bits per heavy atom. The van der Waals surface area contributed by atoms with Crippen LogP contribution in [0.1, 0.15) is 29.9 Å². The molecule has 39 heavy (non-hydrogen) atoms. The van der Waals surface area contributed by atoms with E-state index in [1.165, 1.54) is 5.56 Å². The van der Waals surface area contributed by atoms with Crippen LogP contribution in [0.3, 0.4) is 0 Å². The number of amides is 1. The van der Waals surface area contributed by atoms with E-state index in [9.17, 15) is 31.1 Å². The molecule has 216 valence electrons. The SMILES string of the molecule is NCc1cccc(C2CCN(C(=O)COc3cccc(Cl)n3)CC2)c1.O=C(O)C(F)(F)F.O=C(O)C(F)(F)F. The number of likely N-dealkylation sites (tertiary alicyclic amines) is 1. The predicted octanol–water partition coefficient (Wildman–Crippen LogP) is 4.25. The lowest BCUT2D eigenvalue weighted by Crippen LogP contribution is -2.40. The number of carboxylic acids is 2. The summed E-state index contributed by atoms with van der Waals surface area (Å²) in [6, 6.07) is 13.5. The molecule has 2 aromatic rings. The third-order valence-electron chi connectivity index (χ3n) is 5.02. The van der Waals surface area contributed by atoms with E-state index in [0.29, 0.717) is 23.5 Å². The molecular formula is C23H24ClF6N3O6. The van der Waals surface area contributed by atoms with Crippen LogP contribution >= 0.6 is 11.6 Å². The van der Waals surface area contributed by atoms with Crippen LogP contribution in [0.15, 0.2) is 42.5 Å². The van der Waals surface area contributed by atoms with Crippen LogP contribution in [0.5, 0.6) is 5.88 Å². The van der Waals surface area contributed by atoms with Crippen LogP contribution < -0.4 is 10.5 Å². The van der Waals surface area contributed by atoms with Gasteiger partial charge in [0.1, 0.15) is 5.15 Å². The number of pyridine rings is 1. The summed E-state index contributed by atoms with van der Waals surface area (Å²) in [5.74, 6) is -4.68. The quantitative estimate of drug-likeness (QED) is 0.348. The lowest BCUT2D eigenvalue weighted by atomic mass is 9.88. The van der Waals surface area contributed by atoms with E-state index < -0.39 is 24.3 Å². The first-order chi connectivity index (χ1) is 18.0. The number of hydrogen-bond acceptors (Lipinski definition) is 6. The Morgan fingerprint density at radius 3 is 1.95 bits per heavy atom. The minimum atomic E-state index is -5.08. The molecule has 1 aliphatic heterocycles. The monoisotopic (exact) mass is 587 g/mol. The molecule has 0 bridgehead atoms. The summed E-state index contributed by atoms with van der Waals surface area (Å²) in [6.45, 7) is 2.02. The van der Waals surface area contributed by atoms with Crippen molar-refractivity contribution in [2.24, 2.45) is 5.73 Å². The van der Waals surface area contributed by atoms with E-state index in [1.807, 2.05) is 11.0 Å².